The van der Waals surface area contributed by atoms with E-state index in [9.17, 15) is 33.1 Å². The van der Waals surface area contributed by atoms with Crippen LogP contribution in [-0.4, -0.2) is 71.7 Å². The number of fused-ring (bicyclic) bond motifs is 1. The zero-order valence-corrected chi connectivity index (χ0v) is 25.2. The maximum atomic E-state index is 14.0. The van der Waals surface area contributed by atoms with Crippen molar-refractivity contribution in [1.29, 1.82) is 0 Å². The van der Waals surface area contributed by atoms with E-state index < -0.39 is 52.5 Å². The third kappa shape index (κ3) is 6.28. The second-order valence-corrected chi connectivity index (χ2v) is 13.0. The lowest BCUT2D eigenvalue weighted by Crippen LogP contribution is -2.53. The molecule has 2 N–H and O–H groups in total. The molecule has 236 valence electrons. The number of ketones is 1. The van der Waals surface area contributed by atoms with Gasteiger partial charge in [0.1, 0.15) is 28.5 Å². The first-order valence-electron chi connectivity index (χ1n) is 14.6. The summed E-state index contributed by atoms with van der Waals surface area (Å²) in [6, 6.07) is 22.2. The Hall–Kier alpha value is -5.27. The number of pyridine rings is 1. The average Bonchev–Trinajstić information content (AvgIpc) is 3.63. The molecule has 13 heteroatoms. The molecule has 0 saturated carbocycles. The molecule has 3 aromatic carbocycles. The number of likely N-dealkylation sites (tertiary alicyclic amines) is 1. The molecular formula is C33H30N4O8S. The number of carbonyl (C=O) groups excluding carboxylic acids is 3. The fourth-order valence-corrected chi connectivity index (χ4v) is 7.59. The van der Waals surface area contributed by atoms with E-state index in [1.165, 1.54) is 29.2 Å². The highest BCUT2D eigenvalue weighted by Crippen LogP contribution is 2.34. The van der Waals surface area contributed by atoms with Crippen LogP contribution in [0.15, 0.2) is 108 Å². The number of sulfonamides is 1. The van der Waals surface area contributed by atoms with E-state index in [4.69, 9.17) is 4.74 Å². The highest BCUT2D eigenvalue weighted by atomic mass is 32.2. The zero-order chi connectivity index (χ0) is 32.4. The van der Waals surface area contributed by atoms with Gasteiger partial charge in [-0.1, -0.05) is 54.6 Å². The van der Waals surface area contributed by atoms with Gasteiger partial charge in [0, 0.05) is 19.0 Å². The van der Waals surface area contributed by atoms with Crippen LogP contribution in [0.5, 0.6) is 11.5 Å². The van der Waals surface area contributed by atoms with Crippen LogP contribution in [-0.2, 0) is 26.0 Å². The highest BCUT2D eigenvalue weighted by Gasteiger charge is 2.54. The van der Waals surface area contributed by atoms with Crippen molar-refractivity contribution in [3.63, 3.8) is 0 Å². The summed E-state index contributed by atoms with van der Waals surface area (Å²) < 4.78 is 33.7. The van der Waals surface area contributed by atoms with Crippen LogP contribution in [0.4, 0.5) is 4.79 Å². The first-order chi connectivity index (χ1) is 22.1. The van der Waals surface area contributed by atoms with Crippen LogP contribution in [0.3, 0.4) is 0 Å². The lowest BCUT2D eigenvalue weighted by molar-refractivity contribution is -0.607. The summed E-state index contributed by atoms with van der Waals surface area (Å²) in [4.78, 5) is 41.4. The molecule has 6 rings (SSSR count). The molecule has 0 spiro atoms. The molecule has 0 radical (unpaired) electrons. The maximum Gasteiger partial charge on any atom is 0.413 e. The Kier molecular flexibility index (Phi) is 8.43. The second-order valence-electron chi connectivity index (χ2n) is 11.1. The molecule has 2 fully saturated rings. The molecule has 0 bridgehead atoms. The molecule has 12 nitrogen and oxygen atoms in total. The SMILES string of the molecule is O=C(NC(Cc1ccc(O)cc1)C(=O)N1CCC2C1C(=O)CN2S(=O)(=O)c1ccc[n+]([O-])c1)Oc1ccc(-c2ccccc2)cc1. The van der Waals surface area contributed by atoms with Crippen LogP contribution in [0.1, 0.15) is 12.0 Å². The number of rotatable bonds is 8. The number of carbonyl (C=O) groups is 3. The Bertz CT molecular complexity index is 1870. The smallest absolute Gasteiger partial charge is 0.413 e. The van der Waals surface area contributed by atoms with Crippen molar-refractivity contribution in [3.05, 3.63) is 114 Å². The van der Waals surface area contributed by atoms with E-state index in [-0.39, 0.29) is 35.8 Å². The predicted molar refractivity (Wildman–Crippen MR) is 165 cm³/mol. The fourth-order valence-electron chi connectivity index (χ4n) is 5.96. The van der Waals surface area contributed by atoms with E-state index in [2.05, 4.69) is 5.32 Å². The first kappa shape index (κ1) is 30.7. The maximum absolute atomic E-state index is 14.0. The number of Topliss-reactive ketones (excluding diaryl/α,β-unsaturated/α-hetero) is 1. The van der Waals surface area contributed by atoms with Gasteiger partial charge >= 0.3 is 6.09 Å². The molecule has 2 aliphatic rings. The number of hydrogen-bond acceptors (Lipinski definition) is 8. The fraction of sp³-hybridized carbons (Fsp3) is 0.212. The van der Waals surface area contributed by atoms with Crippen LogP contribution < -0.4 is 14.8 Å². The minimum absolute atomic E-state index is 0.0127. The number of ether oxygens (including phenoxy) is 1. The molecule has 0 aliphatic carbocycles. The summed E-state index contributed by atoms with van der Waals surface area (Å²) in [5, 5.41) is 24.1. The van der Waals surface area contributed by atoms with E-state index in [1.807, 2.05) is 30.3 Å². The van der Waals surface area contributed by atoms with Gasteiger partial charge in [-0.2, -0.15) is 9.04 Å². The summed E-state index contributed by atoms with van der Waals surface area (Å²) in [7, 11) is -4.20. The van der Waals surface area contributed by atoms with Crippen molar-refractivity contribution in [2.45, 2.75) is 35.9 Å². The van der Waals surface area contributed by atoms with E-state index >= 15 is 0 Å². The summed E-state index contributed by atoms with van der Waals surface area (Å²) in [5.41, 5.74) is 2.54. The minimum atomic E-state index is -4.20. The molecule has 1 aromatic heterocycles. The van der Waals surface area contributed by atoms with Gasteiger partial charge in [0.2, 0.25) is 15.9 Å². The van der Waals surface area contributed by atoms with Crippen LogP contribution in [0.2, 0.25) is 0 Å². The topological polar surface area (TPSA) is 160 Å². The summed E-state index contributed by atoms with van der Waals surface area (Å²) in [6.45, 7) is -0.377. The Labute approximate surface area is 265 Å². The third-order valence-electron chi connectivity index (χ3n) is 8.15. The largest absolute Gasteiger partial charge is 0.619 e. The molecular weight excluding hydrogens is 612 g/mol. The van der Waals surface area contributed by atoms with Crippen LogP contribution in [0, 0.1) is 5.21 Å². The quantitative estimate of drug-likeness (QED) is 0.219. The molecule has 3 heterocycles. The van der Waals surface area contributed by atoms with Gasteiger partial charge < -0.3 is 25.3 Å². The highest BCUT2D eigenvalue weighted by molar-refractivity contribution is 7.89. The zero-order valence-electron chi connectivity index (χ0n) is 24.4. The summed E-state index contributed by atoms with van der Waals surface area (Å²) in [5.74, 6) is -0.767. The Balaban J connectivity index is 1.20. The van der Waals surface area contributed by atoms with Crippen molar-refractivity contribution in [1.82, 2.24) is 14.5 Å². The molecule has 3 atom stereocenters. The average molecular weight is 643 g/mol. The lowest BCUT2D eigenvalue weighted by atomic mass is 10.0. The third-order valence-corrected chi connectivity index (χ3v) is 10.0. The number of hydrogen-bond donors (Lipinski definition) is 2. The Morgan fingerprint density at radius 1 is 0.978 bits per heavy atom. The van der Waals surface area contributed by atoms with E-state index in [1.54, 1.807) is 36.4 Å². The van der Waals surface area contributed by atoms with Gasteiger partial charge in [-0.05, 0) is 53.4 Å². The number of phenolic OH excluding ortho intramolecular Hbond substituents is 1. The van der Waals surface area contributed by atoms with Gasteiger partial charge in [-0.3, -0.25) is 9.59 Å². The van der Waals surface area contributed by atoms with Gasteiger partial charge in [0.15, 0.2) is 18.2 Å². The second kappa shape index (κ2) is 12.6. The predicted octanol–water partition coefficient (Wildman–Crippen LogP) is 2.64. The molecule has 2 amide bonds. The summed E-state index contributed by atoms with van der Waals surface area (Å²) in [6.07, 6.45) is 1.38. The number of benzene rings is 3. The van der Waals surface area contributed by atoms with Crippen LogP contribution >= 0.6 is 0 Å². The monoisotopic (exact) mass is 642 g/mol. The first-order valence-corrected chi connectivity index (χ1v) is 16.0. The van der Waals surface area contributed by atoms with Crippen molar-refractivity contribution < 1.29 is 37.4 Å². The molecule has 4 aromatic rings. The Morgan fingerprint density at radius 2 is 1.67 bits per heavy atom. The van der Waals surface area contributed by atoms with E-state index in [0.717, 1.165) is 27.8 Å². The number of phenols is 1. The van der Waals surface area contributed by atoms with Crippen molar-refractivity contribution in [3.8, 4) is 22.6 Å². The standard InChI is InChI=1S/C33H30N4O8S/c38-25-12-8-22(9-13-25)19-28(34-33(41)45-26-14-10-24(11-15-26)23-5-2-1-3-6-23)32(40)36-18-16-29-31(36)30(39)21-37(29)46(43,44)27-7-4-17-35(42)20-27/h1-15,17,20,28-29,31,38H,16,18-19,21H2,(H,34,41). The van der Waals surface area contributed by atoms with Crippen molar-refractivity contribution >= 4 is 27.8 Å². The minimum Gasteiger partial charge on any atom is -0.619 e. The van der Waals surface area contributed by atoms with Crippen molar-refractivity contribution in [2.75, 3.05) is 13.1 Å². The number of aromatic hydroxyl groups is 1. The number of nitrogens with one attached hydrogen (secondary N) is 1. The molecule has 46 heavy (non-hydrogen) atoms. The van der Waals surface area contributed by atoms with Gasteiger partial charge in [-0.25, -0.2) is 13.2 Å². The van der Waals surface area contributed by atoms with Gasteiger partial charge in [0.05, 0.1) is 12.6 Å². The number of aromatic nitrogens is 1. The van der Waals surface area contributed by atoms with Gasteiger partial charge in [0.25, 0.3) is 0 Å². The number of amides is 2. The van der Waals surface area contributed by atoms with Crippen molar-refractivity contribution in [2.24, 2.45) is 0 Å². The van der Waals surface area contributed by atoms with Gasteiger partial charge in [-0.15, -0.1) is 0 Å². The molecule has 2 saturated heterocycles. The van der Waals surface area contributed by atoms with Crippen LogP contribution in [0.25, 0.3) is 11.1 Å². The molecule has 2 aliphatic heterocycles. The Morgan fingerprint density at radius 3 is 2.37 bits per heavy atom. The summed E-state index contributed by atoms with van der Waals surface area (Å²) >= 11 is 0. The normalized spacial score (nSPS) is 18.6. The van der Waals surface area contributed by atoms with E-state index in [0.29, 0.717) is 10.3 Å². The molecule has 3 unspecified atom stereocenters. The lowest BCUT2D eigenvalue weighted by Gasteiger charge is -2.28. The number of nitrogens with zero attached hydrogens (tertiary/aromatic N) is 3.